The van der Waals surface area contributed by atoms with Crippen molar-refractivity contribution in [3.63, 3.8) is 0 Å². The second-order valence-electron chi connectivity index (χ2n) is 6.30. The normalized spacial score (nSPS) is 12.1. The molecule has 0 heterocycles. The van der Waals surface area contributed by atoms with Crippen molar-refractivity contribution in [2.45, 2.75) is 51.9 Å². The third-order valence-corrected chi connectivity index (χ3v) is 2.88. The molecule has 0 aliphatic carbocycles. The van der Waals surface area contributed by atoms with Crippen molar-refractivity contribution in [3.05, 3.63) is 35.9 Å². The first-order valence-electron chi connectivity index (χ1n) is 7.66. The monoisotopic (exact) mass is 336 g/mol. The first-order valence-corrected chi connectivity index (χ1v) is 7.66. The first-order chi connectivity index (χ1) is 11.2. The lowest BCUT2D eigenvalue weighted by Gasteiger charge is -2.24. The van der Waals surface area contributed by atoms with Crippen LogP contribution >= 0.6 is 0 Å². The van der Waals surface area contributed by atoms with Crippen LogP contribution in [0.2, 0.25) is 0 Å². The quantitative estimate of drug-likeness (QED) is 0.739. The van der Waals surface area contributed by atoms with Crippen LogP contribution in [0, 0.1) is 0 Å². The molecule has 0 saturated heterocycles. The van der Waals surface area contributed by atoms with E-state index in [2.05, 4.69) is 5.32 Å². The third-order valence-electron chi connectivity index (χ3n) is 2.88. The maximum absolute atomic E-state index is 12.1. The zero-order valence-electron chi connectivity index (χ0n) is 14.2. The van der Waals surface area contributed by atoms with E-state index < -0.39 is 29.6 Å². The van der Waals surface area contributed by atoms with Crippen LogP contribution in [-0.2, 0) is 25.7 Å². The van der Waals surface area contributed by atoms with Crippen molar-refractivity contribution in [2.75, 3.05) is 0 Å². The van der Waals surface area contributed by atoms with Crippen LogP contribution < -0.4 is 11.1 Å². The molecule has 2 amide bonds. The number of carbonyl (C=O) groups is 3. The van der Waals surface area contributed by atoms with E-state index in [9.17, 15) is 14.4 Å². The third kappa shape index (κ3) is 8.17. The molecule has 1 atom stereocenters. The number of ether oxygens (including phenoxy) is 2. The highest BCUT2D eigenvalue weighted by Gasteiger charge is 2.27. The molecule has 132 valence electrons. The fourth-order valence-electron chi connectivity index (χ4n) is 1.82. The molecule has 1 aromatic carbocycles. The lowest BCUT2D eigenvalue weighted by atomic mass is 10.1. The summed E-state index contributed by atoms with van der Waals surface area (Å²) in [6, 6.07) is 8.13. The summed E-state index contributed by atoms with van der Waals surface area (Å²) < 4.78 is 10.3. The number of primary amides is 1. The zero-order chi connectivity index (χ0) is 18.2. The van der Waals surface area contributed by atoms with E-state index in [1.807, 2.05) is 30.3 Å². The van der Waals surface area contributed by atoms with Crippen LogP contribution in [0.25, 0.3) is 0 Å². The summed E-state index contributed by atoms with van der Waals surface area (Å²) in [4.78, 5) is 35.0. The Morgan fingerprint density at radius 1 is 1.17 bits per heavy atom. The molecule has 3 N–H and O–H groups in total. The van der Waals surface area contributed by atoms with Gasteiger partial charge in [-0.3, -0.25) is 4.79 Å². The highest BCUT2D eigenvalue weighted by Crippen LogP contribution is 2.11. The van der Waals surface area contributed by atoms with Crippen molar-refractivity contribution in [1.29, 1.82) is 0 Å². The summed E-state index contributed by atoms with van der Waals surface area (Å²) in [5.41, 5.74) is 5.21. The van der Waals surface area contributed by atoms with Gasteiger partial charge in [-0.05, 0) is 32.8 Å². The number of nitrogens with one attached hydrogen (secondary N) is 1. The summed E-state index contributed by atoms with van der Waals surface area (Å²) >= 11 is 0. The van der Waals surface area contributed by atoms with Crippen molar-refractivity contribution in [3.8, 4) is 0 Å². The van der Waals surface area contributed by atoms with Gasteiger partial charge in [-0.15, -0.1) is 0 Å². The summed E-state index contributed by atoms with van der Waals surface area (Å²) in [7, 11) is 0. The largest absolute Gasteiger partial charge is 0.458 e. The molecule has 24 heavy (non-hydrogen) atoms. The van der Waals surface area contributed by atoms with Gasteiger partial charge >= 0.3 is 12.1 Å². The van der Waals surface area contributed by atoms with E-state index in [4.69, 9.17) is 15.2 Å². The number of benzene rings is 1. The molecule has 7 heteroatoms. The molecule has 1 rings (SSSR count). The van der Waals surface area contributed by atoms with E-state index in [1.165, 1.54) is 0 Å². The van der Waals surface area contributed by atoms with Gasteiger partial charge in [0.25, 0.3) is 0 Å². The summed E-state index contributed by atoms with van der Waals surface area (Å²) in [5.74, 6) is -1.21. The predicted octanol–water partition coefficient (Wildman–Crippen LogP) is 1.89. The SMILES string of the molecule is CC(C)(C)OC(=O)C(CCC(N)=O)NC(=O)OCc1ccccc1. The Hall–Kier alpha value is -2.57. The summed E-state index contributed by atoms with van der Waals surface area (Å²) in [6.45, 7) is 5.21. The average Bonchev–Trinajstić information content (AvgIpc) is 2.48. The molecule has 0 aliphatic heterocycles. The number of esters is 1. The van der Waals surface area contributed by atoms with Crippen molar-refractivity contribution in [1.82, 2.24) is 5.32 Å². The molecular weight excluding hydrogens is 312 g/mol. The van der Waals surface area contributed by atoms with Crippen LogP contribution in [0.4, 0.5) is 4.79 Å². The van der Waals surface area contributed by atoms with Gasteiger partial charge in [0.05, 0.1) is 0 Å². The van der Waals surface area contributed by atoms with Crippen LogP contribution in [-0.4, -0.2) is 29.6 Å². The first kappa shape index (κ1) is 19.5. The zero-order valence-corrected chi connectivity index (χ0v) is 14.2. The Labute approximate surface area is 141 Å². The lowest BCUT2D eigenvalue weighted by Crippen LogP contribution is -2.44. The van der Waals surface area contributed by atoms with Crippen molar-refractivity contribution < 1.29 is 23.9 Å². The molecule has 0 radical (unpaired) electrons. The summed E-state index contributed by atoms with van der Waals surface area (Å²) in [6.07, 6.45) is -0.771. The summed E-state index contributed by atoms with van der Waals surface area (Å²) in [5, 5.41) is 2.42. The Morgan fingerprint density at radius 2 is 1.79 bits per heavy atom. The van der Waals surface area contributed by atoms with E-state index in [-0.39, 0.29) is 19.4 Å². The number of amides is 2. The van der Waals surface area contributed by atoms with Crippen LogP contribution in [0.3, 0.4) is 0 Å². The molecule has 7 nitrogen and oxygen atoms in total. The van der Waals surface area contributed by atoms with Gasteiger partial charge in [-0.1, -0.05) is 30.3 Å². The molecule has 0 aliphatic rings. The highest BCUT2D eigenvalue weighted by atomic mass is 16.6. The van der Waals surface area contributed by atoms with Gasteiger partial charge in [0.1, 0.15) is 18.2 Å². The molecule has 1 unspecified atom stereocenters. The van der Waals surface area contributed by atoms with E-state index in [1.54, 1.807) is 20.8 Å². The Kier molecular flexibility index (Phi) is 7.23. The van der Waals surface area contributed by atoms with E-state index in [0.717, 1.165) is 5.56 Å². The number of alkyl carbamates (subject to hydrolysis) is 1. The molecule has 0 saturated carbocycles. The minimum atomic E-state index is -1.00. The number of carbonyl (C=O) groups excluding carboxylic acids is 3. The van der Waals surface area contributed by atoms with Crippen molar-refractivity contribution in [2.24, 2.45) is 5.73 Å². The average molecular weight is 336 g/mol. The molecule has 0 bridgehead atoms. The Morgan fingerprint density at radius 3 is 2.33 bits per heavy atom. The van der Waals surface area contributed by atoms with Gasteiger partial charge < -0.3 is 20.5 Å². The number of nitrogens with two attached hydrogens (primary N) is 1. The Balaban J connectivity index is 2.60. The van der Waals surface area contributed by atoms with Crippen LogP contribution in [0.15, 0.2) is 30.3 Å². The molecule has 0 fully saturated rings. The number of rotatable bonds is 7. The van der Waals surface area contributed by atoms with Crippen molar-refractivity contribution >= 4 is 18.0 Å². The molecule has 0 aromatic heterocycles. The minimum absolute atomic E-state index is 0.0463. The van der Waals surface area contributed by atoms with Gasteiger partial charge in [0.15, 0.2) is 0 Å². The standard InChI is InChI=1S/C17H24N2O5/c1-17(2,3)24-15(21)13(9-10-14(18)20)19-16(22)23-11-12-7-5-4-6-8-12/h4-8,13H,9-11H2,1-3H3,(H2,18,20)(H,19,22). The van der Waals surface area contributed by atoms with Gasteiger partial charge in [0.2, 0.25) is 5.91 Å². The Bertz CT molecular complexity index is 566. The van der Waals surface area contributed by atoms with Gasteiger partial charge in [0, 0.05) is 6.42 Å². The highest BCUT2D eigenvalue weighted by molar-refractivity contribution is 5.82. The predicted molar refractivity (Wildman–Crippen MR) is 87.8 cm³/mol. The van der Waals surface area contributed by atoms with E-state index in [0.29, 0.717) is 0 Å². The molecular formula is C17H24N2O5. The second-order valence-corrected chi connectivity index (χ2v) is 6.30. The second kappa shape index (κ2) is 8.90. The fourth-order valence-corrected chi connectivity index (χ4v) is 1.82. The topological polar surface area (TPSA) is 108 Å². The lowest BCUT2D eigenvalue weighted by molar-refractivity contribution is -0.157. The van der Waals surface area contributed by atoms with Crippen LogP contribution in [0.1, 0.15) is 39.2 Å². The van der Waals surface area contributed by atoms with Gasteiger partial charge in [-0.25, -0.2) is 9.59 Å². The maximum Gasteiger partial charge on any atom is 0.408 e. The maximum atomic E-state index is 12.1. The molecule has 1 aromatic rings. The van der Waals surface area contributed by atoms with Gasteiger partial charge in [-0.2, -0.15) is 0 Å². The number of hydrogen-bond acceptors (Lipinski definition) is 5. The smallest absolute Gasteiger partial charge is 0.408 e. The minimum Gasteiger partial charge on any atom is -0.458 e. The fraction of sp³-hybridized carbons (Fsp3) is 0.471. The van der Waals surface area contributed by atoms with Crippen LogP contribution in [0.5, 0.6) is 0 Å². The van der Waals surface area contributed by atoms with E-state index >= 15 is 0 Å². The molecule has 0 spiro atoms. The number of hydrogen-bond donors (Lipinski definition) is 2.